The molecule has 0 aliphatic carbocycles. The fourth-order valence-corrected chi connectivity index (χ4v) is 3.71. The number of hydrogen-bond acceptors (Lipinski definition) is 5. The Morgan fingerprint density at radius 2 is 1.89 bits per heavy atom. The van der Waals surface area contributed by atoms with Crippen LogP contribution in [0.3, 0.4) is 0 Å². The number of nitrogens with zero attached hydrogens (tertiary/aromatic N) is 3. The average molecular weight is 395 g/mol. The van der Waals surface area contributed by atoms with Crippen LogP contribution in [0.5, 0.6) is 0 Å². The Hall–Kier alpha value is -3.06. The normalized spacial score (nSPS) is 10.7. The van der Waals surface area contributed by atoms with Crippen LogP contribution in [0.1, 0.15) is 34.8 Å². The maximum Gasteiger partial charge on any atom is 0.273 e. The van der Waals surface area contributed by atoms with Gasteiger partial charge in [0.05, 0.1) is 10.6 Å². The van der Waals surface area contributed by atoms with Crippen LogP contribution in [-0.2, 0) is 0 Å². The van der Waals surface area contributed by atoms with Crippen molar-refractivity contribution in [2.45, 2.75) is 27.2 Å². The zero-order chi connectivity index (χ0) is 20.3. The minimum absolute atomic E-state index is 0.0539. The van der Waals surface area contributed by atoms with E-state index in [4.69, 9.17) is 0 Å². The molecular weight excluding hydrogens is 374 g/mol. The molecule has 144 valence electrons. The lowest BCUT2D eigenvalue weighted by molar-refractivity contribution is -0.385. The monoisotopic (exact) mass is 395 g/mol. The van der Waals surface area contributed by atoms with Gasteiger partial charge in [-0.1, -0.05) is 42.8 Å². The number of thiazole rings is 1. The summed E-state index contributed by atoms with van der Waals surface area (Å²) in [5.74, 6) is -0.283. The van der Waals surface area contributed by atoms with E-state index in [0.29, 0.717) is 17.2 Å². The Labute approximate surface area is 167 Å². The maximum atomic E-state index is 13.1. The van der Waals surface area contributed by atoms with Gasteiger partial charge in [0.2, 0.25) is 0 Å². The van der Waals surface area contributed by atoms with Crippen molar-refractivity contribution < 1.29 is 9.72 Å². The number of carbonyl (C=O) groups is 1. The molecule has 0 saturated carbocycles. The predicted molar refractivity (Wildman–Crippen MR) is 112 cm³/mol. The molecule has 2 aromatic carbocycles. The van der Waals surface area contributed by atoms with Crippen molar-refractivity contribution in [2.24, 2.45) is 0 Å². The van der Waals surface area contributed by atoms with Crippen molar-refractivity contribution in [3.63, 3.8) is 0 Å². The molecule has 3 aromatic rings. The molecule has 0 atom stereocenters. The van der Waals surface area contributed by atoms with Crippen LogP contribution < -0.4 is 4.90 Å². The van der Waals surface area contributed by atoms with Crippen LogP contribution in [0.4, 0.5) is 10.8 Å². The Morgan fingerprint density at radius 1 is 1.18 bits per heavy atom. The third-order valence-corrected chi connectivity index (χ3v) is 5.28. The van der Waals surface area contributed by atoms with Gasteiger partial charge >= 0.3 is 0 Å². The molecule has 0 radical (unpaired) electrons. The van der Waals surface area contributed by atoms with E-state index in [1.807, 2.05) is 43.5 Å². The zero-order valence-electron chi connectivity index (χ0n) is 16.0. The first kappa shape index (κ1) is 19.7. The number of anilines is 1. The first-order valence-electron chi connectivity index (χ1n) is 9.00. The van der Waals surface area contributed by atoms with E-state index in [2.05, 4.69) is 4.98 Å². The van der Waals surface area contributed by atoms with E-state index in [9.17, 15) is 14.9 Å². The van der Waals surface area contributed by atoms with Crippen LogP contribution in [-0.4, -0.2) is 22.4 Å². The highest BCUT2D eigenvalue weighted by atomic mass is 32.1. The first-order chi connectivity index (χ1) is 13.4. The van der Waals surface area contributed by atoms with Crippen molar-refractivity contribution in [2.75, 3.05) is 11.4 Å². The molecule has 7 heteroatoms. The van der Waals surface area contributed by atoms with Crippen LogP contribution in [0, 0.1) is 24.0 Å². The van der Waals surface area contributed by atoms with E-state index in [1.54, 1.807) is 24.0 Å². The maximum absolute atomic E-state index is 13.1. The highest BCUT2D eigenvalue weighted by molar-refractivity contribution is 7.14. The Bertz CT molecular complexity index is 1010. The molecule has 1 heterocycles. The van der Waals surface area contributed by atoms with Gasteiger partial charge < -0.3 is 0 Å². The van der Waals surface area contributed by atoms with Gasteiger partial charge in [-0.25, -0.2) is 4.98 Å². The molecule has 0 aliphatic rings. The Balaban J connectivity index is 1.93. The average Bonchev–Trinajstić information content (AvgIpc) is 3.16. The Kier molecular flexibility index (Phi) is 5.84. The van der Waals surface area contributed by atoms with E-state index >= 15 is 0 Å². The molecule has 28 heavy (non-hydrogen) atoms. The quantitative estimate of drug-likeness (QED) is 0.414. The number of nitro benzene ring substituents is 1. The predicted octanol–water partition coefficient (Wildman–Crippen LogP) is 5.39. The molecule has 0 bridgehead atoms. The van der Waals surface area contributed by atoms with Crippen molar-refractivity contribution in [1.82, 2.24) is 4.98 Å². The SMILES string of the molecule is CCCN(C(=O)c1ccc(C)c([N+](=O)[O-])c1)c1nc(-c2ccc(C)cc2)cs1. The van der Waals surface area contributed by atoms with Crippen molar-refractivity contribution in [3.8, 4) is 11.3 Å². The van der Waals surface area contributed by atoms with E-state index in [-0.39, 0.29) is 17.2 Å². The lowest BCUT2D eigenvalue weighted by Gasteiger charge is -2.19. The number of rotatable bonds is 6. The van der Waals surface area contributed by atoms with E-state index in [1.165, 1.54) is 23.0 Å². The number of hydrogen-bond donors (Lipinski definition) is 0. The minimum atomic E-state index is -0.463. The van der Waals surface area contributed by atoms with Crippen LogP contribution in [0.2, 0.25) is 0 Å². The molecular formula is C21H21N3O3S. The fourth-order valence-electron chi connectivity index (χ4n) is 2.85. The summed E-state index contributed by atoms with van der Waals surface area (Å²) >= 11 is 1.39. The summed E-state index contributed by atoms with van der Waals surface area (Å²) in [5.41, 5.74) is 3.73. The van der Waals surface area contributed by atoms with Crippen molar-refractivity contribution in [3.05, 3.63) is 74.6 Å². The van der Waals surface area contributed by atoms with E-state index in [0.717, 1.165) is 17.7 Å². The lowest BCUT2D eigenvalue weighted by atomic mass is 10.1. The third-order valence-electron chi connectivity index (χ3n) is 4.42. The minimum Gasteiger partial charge on any atom is -0.284 e. The second-order valence-corrected chi connectivity index (χ2v) is 7.43. The summed E-state index contributed by atoms with van der Waals surface area (Å²) in [6.45, 7) is 6.15. The van der Waals surface area contributed by atoms with E-state index < -0.39 is 4.92 Å². The fraction of sp³-hybridized carbons (Fsp3) is 0.238. The van der Waals surface area contributed by atoms with Gasteiger partial charge in [0.25, 0.3) is 11.6 Å². The van der Waals surface area contributed by atoms with Gasteiger partial charge in [0, 0.05) is 34.7 Å². The number of amides is 1. The number of carbonyl (C=O) groups excluding carboxylic acids is 1. The highest BCUT2D eigenvalue weighted by Gasteiger charge is 2.23. The number of aromatic nitrogens is 1. The van der Waals surface area contributed by atoms with Gasteiger partial charge in [-0.2, -0.15) is 0 Å². The third kappa shape index (κ3) is 4.09. The summed E-state index contributed by atoms with van der Waals surface area (Å²) in [6, 6.07) is 12.6. The Morgan fingerprint density at radius 3 is 2.54 bits per heavy atom. The van der Waals surface area contributed by atoms with Gasteiger partial charge in [0.1, 0.15) is 0 Å². The molecule has 0 fully saturated rings. The largest absolute Gasteiger partial charge is 0.284 e. The van der Waals surface area contributed by atoms with Crippen molar-refractivity contribution in [1.29, 1.82) is 0 Å². The van der Waals surface area contributed by atoms with Crippen LogP contribution in [0.25, 0.3) is 11.3 Å². The van der Waals surface area contributed by atoms with Gasteiger partial charge in [-0.05, 0) is 26.3 Å². The van der Waals surface area contributed by atoms with Gasteiger partial charge in [-0.3, -0.25) is 19.8 Å². The summed E-state index contributed by atoms with van der Waals surface area (Å²) in [4.78, 5) is 30.1. The van der Waals surface area contributed by atoms with Gasteiger partial charge in [-0.15, -0.1) is 11.3 Å². The van der Waals surface area contributed by atoms with Crippen LogP contribution >= 0.6 is 11.3 Å². The first-order valence-corrected chi connectivity index (χ1v) is 9.88. The number of nitro groups is 1. The lowest BCUT2D eigenvalue weighted by Crippen LogP contribution is -2.31. The smallest absolute Gasteiger partial charge is 0.273 e. The molecule has 0 unspecified atom stereocenters. The van der Waals surface area contributed by atoms with Crippen LogP contribution in [0.15, 0.2) is 47.8 Å². The highest BCUT2D eigenvalue weighted by Crippen LogP contribution is 2.29. The number of benzene rings is 2. The number of aryl methyl sites for hydroxylation is 2. The summed E-state index contributed by atoms with van der Waals surface area (Å²) < 4.78 is 0. The molecule has 0 aliphatic heterocycles. The summed E-state index contributed by atoms with van der Waals surface area (Å²) in [5, 5.41) is 13.7. The molecule has 0 saturated heterocycles. The standard InChI is InChI=1S/C21H21N3O3S/c1-4-11-23(20(25)17-10-7-15(3)19(12-17)24(26)27)21-22-18(13-28-21)16-8-5-14(2)6-9-16/h5-10,12-13H,4,11H2,1-3H3. The molecule has 1 aromatic heterocycles. The second kappa shape index (κ2) is 8.31. The van der Waals surface area contributed by atoms with Gasteiger partial charge in [0.15, 0.2) is 5.13 Å². The van der Waals surface area contributed by atoms with Crippen molar-refractivity contribution >= 4 is 28.1 Å². The second-order valence-electron chi connectivity index (χ2n) is 6.60. The molecule has 1 amide bonds. The topological polar surface area (TPSA) is 76.3 Å². The molecule has 3 rings (SSSR count). The molecule has 0 spiro atoms. The summed E-state index contributed by atoms with van der Waals surface area (Å²) in [7, 11) is 0. The molecule has 6 nitrogen and oxygen atoms in total. The molecule has 0 N–H and O–H groups in total. The summed E-state index contributed by atoms with van der Waals surface area (Å²) in [6.07, 6.45) is 0.749. The zero-order valence-corrected chi connectivity index (χ0v) is 16.8.